The Hall–Kier alpha value is -2.40. The van der Waals surface area contributed by atoms with Crippen molar-refractivity contribution in [1.82, 2.24) is 10.3 Å². The Morgan fingerprint density at radius 2 is 1.51 bits per heavy atom. The smallest absolute Gasteiger partial charge is 0.127 e. The summed E-state index contributed by atoms with van der Waals surface area (Å²) in [7, 11) is 0. The third-order valence-corrected chi connectivity index (χ3v) is 9.51. The SMILES string of the molecule is Cc1c2[nH]c(c1C)C(C)(O)C1(C)N=C(/C=C3\N/C(=C\C4=NC(=C\2)/CC4(C)C)CC3(C)C)CC1(C)C. The maximum Gasteiger partial charge on any atom is 0.127 e. The standard InChI is InChI=1S/C30H42N4O/c1-17-18(2)25-29(9,35)30(10)28(7,8)16-21(34-30)13-24-27(5,6)15-20(32-24)12-23-26(3,4)14-19(31-23)11-22(17)33-25/h11-13,32-33,35H,14-16H2,1-10H3/b19-11-,20-12-,24-13-. The van der Waals surface area contributed by atoms with Crippen molar-refractivity contribution in [3.05, 3.63) is 51.8 Å². The molecule has 1 fully saturated rings. The summed E-state index contributed by atoms with van der Waals surface area (Å²) in [5, 5.41) is 16.0. The summed E-state index contributed by atoms with van der Waals surface area (Å²) in [6, 6.07) is 0. The molecule has 2 unspecified atom stereocenters. The maximum atomic E-state index is 12.2. The summed E-state index contributed by atoms with van der Waals surface area (Å²) in [6.07, 6.45) is 9.32. The number of fused-ring (bicyclic) bond motifs is 6. The van der Waals surface area contributed by atoms with Gasteiger partial charge in [0.1, 0.15) is 5.60 Å². The van der Waals surface area contributed by atoms with Crippen molar-refractivity contribution in [3.63, 3.8) is 0 Å². The molecule has 3 N–H and O–H groups in total. The Labute approximate surface area is 210 Å². The minimum absolute atomic E-state index is 0.0163. The van der Waals surface area contributed by atoms with E-state index >= 15 is 0 Å². The van der Waals surface area contributed by atoms with Crippen LogP contribution in [0.3, 0.4) is 0 Å². The quantitative estimate of drug-likeness (QED) is 0.402. The van der Waals surface area contributed by atoms with Gasteiger partial charge < -0.3 is 15.4 Å². The molecule has 5 nitrogen and oxygen atoms in total. The molecule has 5 heterocycles. The van der Waals surface area contributed by atoms with E-state index in [1.54, 1.807) is 0 Å². The predicted molar refractivity (Wildman–Crippen MR) is 146 cm³/mol. The van der Waals surface area contributed by atoms with Crippen molar-refractivity contribution < 1.29 is 5.11 Å². The lowest BCUT2D eigenvalue weighted by molar-refractivity contribution is -0.0639. The number of aliphatic hydroxyl groups is 1. The van der Waals surface area contributed by atoms with E-state index in [1.165, 1.54) is 11.4 Å². The number of nitrogens with zero attached hydrogens (tertiary/aromatic N) is 2. The minimum atomic E-state index is -1.17. The van der Waals surface area contributed by atoms with Crippen LogP contribution >= 0.6 is 0 Å². The first kappa shape index (κ1) is 24.3. The van der Waals surface area contributed by atoms with Gasteiger partial charge in [-0.15, -0.1) is 0 Å². The normalized spacial score (nSPS) is 36.8. The topological polar surface area (TPSA) is 72.8 Å². The maximum absolute atomic E-state index is 12.2. The number of aromatic nitrogens is 1. The van der Waals surface area contributed by atoms with Crippen LogP contribution in [0.2, 0.25) is 0 Å². The number of H-pyrrole nitrogens is 1. The molecule has 5 rings (SSSR count). The highest BCUT2D eigenvalue weighted by Gasteiger charge is 2.58. The van der Waals surface area contributed by atoms with E-state index in [-0.39, 0.29) is 16.2 Å². The lowest BCUT2D eigenvalue weighted by Crippen LogP contribution is -2.54. The summed E-state index contributed by atoms with van der Waals surface area (Å²) in [5.74, 6) is 0. The molecular weight excluding hydrogens is 432 g/mol. The number of allylic oxidation sites excluding steroid dienone is 5. The van der Waals surface area contributed by atoms with Gasteiger partial charge in [-0.3, -0.25) is 9.98 Å². The van der Waals surface area contributed by atoms with Crippen LogP contribution in [0.1, 0.15) is 97.2 Å². The van der Waals surface area contributed by atoms with Gasteiger partial charge in [-0.1, -0.05) is 41.5 Å². The molecule has 0 aliphatic carbocycles. The molecule has 4 aliphatic rings. The molecule has 2 atom stereocenters. The Kier molecular flexibility index (Phi) is 4.92. The molecule has 1 aromatic rings. The lowest BCUT2D eigenvalue weighted by Gasteiger charge is -2.46. The molecule has 1 saturated heterocycles. The van der Waals surface area contributed by atoms with Crippen molar-refractivity contribution in [1.29, 1.82) is 0 Å². The van der Waals surface area contributed by atoms with E-state index in [1.807, 2.05) is 6.92 Å². The molecule has 35 heavy (non-hydrogen) atoms. The molecule has 0 radical (unpaired) electrons. The lowest BCUT2D eigenvalue weighted by atomic mass is 9.63. The number of hydrogen-bond donors (Lipinski definition) is 3. The number of aromatic amines is 1. The first-order valence-corrected chi connectivity index (χ1v) is 13.0. The monoisotopic (exact) mass is 474 g/mol. The third-order valence-electron chi connectivity index (χ3n) is 9.51. The van der Waals surface area contributed by atoms with Crippen molar-refractivity contribution >= 4 is 17.5 Å². The largest absolute Gasteiger partial charge is 0.381 e. The van der Waals surface area contributed by atoms with E-state index < -0.39 is 11.1 Å². The number of aliphatic imine (C=N–C) groups is 2. The van der Waals surface area contributed by atoms with Gasteiger partial charge in [-0.05, 0) is 75.3 Å². The first-order valence-electron chi connectivity index (χ1n) is 13.0. The van der Waals surface area contributed by atoms with Crippen molar-refractivity contribution in [2.24, 2.45) is 26.2 Å². The number of nitrogens with one attached hydrogen (secondary N) is 2. The predicted octanol–water partition coefficient (Wildman–Crippen LogP) is 6.48. The van der Waals surface area contributed by atoms with E-state index in [2.05, 4.69) is 90.8 Å². The highest BCUT2D eigenvalue weighted by molar-refractivity contribution is 6.03. The third kappa shape index (κ3) is 3.45. The van der Waals surface area contributed by atoms with Gasteiger partial charge in [-0.2, -0.15) is 0 Å². The van der Waals surface area contributed by atoms with Crippen LogP contribution in [0, 0.1) is 30.1 Å². The molecule has 0 saturated carbocycles. The van der Waals surface area contributed by atoms with Crippen LogP contribution in [0.15, 0.2) is 39.2 Å². The second-order valence-electron chi connectivity index (χ2n) is 13.6. The summed E-state index contributed by atoms with van der Waals surface area (Å²) < 4.78 is 0. The average molecular weight is 475 g/mol. The first-order chi connectivity index (χ1) is 16.0. The van der Waals surface area contributed by atoms with Gasteiger partial charge in [0.2, 0.25) is 0 Å². The Morgan fingerprint density at radius 3 is 2.20 bits per heavy atom. The van der Waals surface area contributed by atoms with Crippen LogP contribution < -0.4 is 5.32 Å². The van der Waals surface area contributed by atoms with Crippen LogP contribution in [-0.4, -0.2) is 27.1 Å². The van der Waals surface area contributed by atoms with Gasteiger partial charge >= 0.3 is 0 Å². The van der Waals surface area contributed by atoms with E-state index in [4.69, 9.17) is 9.98 Å². The van der Waals surface area contributed by atoms with Gasteiger partial charge in [0.25, 0.3) is 0 Å². The highest BCUT2D eigenvalue weighted by Crippen LogP contribution is 2.54. The fourth-order valence-corrected chi connectivity index (χ4v) is 6.51. The molecule has 0 aromatic carbocycles. The summed E-state index contributed by atoms with van der Waals surface area (Å²) in [6.45, 7) is 21.9. The fraction of sp³-hybridized carbons (Fsp3) is 0.600. The second-order valence-corrected chi connectivity index (χ2v) is 13.6. The molecule has 0 amide bonds. The highest BCUT2D eigenvalue weighted by atomic mass is 16.3. The zero-order chi connectivity index (χ0) is 25.8. The second kappa shape index (κ2) is 7.09. The fourth-order valence-electron chi connectivity index (χ4n) is 6.51. The Bertz CT molecular complexity index is 1280. The summed E-state index contributed by atoms with van der Waals surface area (Å²) in [5.41, 5.74) is 7.63. The minimum Gasteiger partial charge on any atom is -0.381 e. The number of hydrogen-bond acceptors (Lipinski definition) is 4. The van der Waals surface area contributed by atoms with Gasteiger partial charge in [0.05, 0.1) is 11.2 Å². The molecule has 1 aromatic heterocycles. The molecule has 188 valence electrons. The van der Waals surface area contributed by atoms with Gasteiger partial charge in [0, 0.05) is 51.5 Å². The molecule has 4 aliphatic heterocycles. The van der Waals surface area contributed by atoms with Crippen molar-refractivity contribution in [2.75, 3.05) is 0 Å². The van der Waals surface area contributed by atoms with Crippen LogP contribution in [0.25, 0.3) is 6.08 Å². The molecular formula is C30H42N4O. The Balaban J connectivity index is 1.78. The zero-order valence-corrected chi connectivity index (χ0v) is 23.2. The van der Waals surface area contributed by atoms with Crippen molar-refractivity contribution in [3.8, 4) is 0 Å². The van der Waals surface area contributed by atoms with Crippen LogP contribution in [0.5, 0.6) is 0 Å². The van der Waals surface area contributed by atoms with E-state index in [0.29, 0.717) is 0 Å². The zero-order valence-electron chi connectivity index (χ0n) is 23.2. The van der Waals surface area contributed by atoms with Crippen LogP contribution in [0.4, 0.5) is 0 Å². The van der Waals surface area contributed by atoms with Gasteiger partial charge in [-0.25, -0.2) is 0 Å². The molecule has 5 heteroatoms. The molecule has 8 bridgehead atoms. The molecule has 0 spiro atoms. The summed E-state index contributed by atoms with van der Waals surface area (Å²) in [4.78, 5) is 14.0. The van der Waals surface area contributed by atoms with Gasteiger partial charge in [0.15, 0.2) is 0 Å². The van der Waals surface area contributed by atoms with Crippen molar-refractivity contribution in [2.45, 2.75) is 99.6 Å². The Morgan fingerprint density at radius 1 is 0.829 bits per heavy atom. The van der Waals surface area contributed by atoms with E-state index in [0.717, 1.165) is 58.9 Å². The summed E-state index contributed by atoms with van der Waals surface area (Å²) >= 11 is 0. The number of rotatable bonds is 0. The van der Waals surface area contributed by atoms with E-state index in [9.17, 15) is 5.11 Å². The average Bonchev–Trinajstić information content (AvgIpc) is 3.33. The van der Waals surface area contributed by atoms with Crippen LogP contribution in [-0.2, 0) is 5.60 Å².